The Labute approximate surface area is 250 Å². The van der Waals surface area contributed by atoms with Crippen LogP contribution in [0.5, 0.6) is 17.2 Å². The van der Waals surface area contributed by atoms with Crippen molar-refractivity contribution in [2.75, 3.05) is 59.0 Å². The number of anilines is 1. The van der Waals surface area contributed by atoms with Crippen molar-refractivity contribution in [1.82, 2.24) is 9.80 Å². The Balaban J connectivity index is 1.39. The van der Waals surface area contributed by atoms with E-state index >= 15 is 0 Å². The molecule has 0 aliphatic carbocycles. The van der Waals surface area contributed by atoms with Crippen molar-refractivity contribution < 1.29 is 23.8 Å². The molecule has 216 valence electrons. The van der Waals surface area contributed by atoms with E-state index in [0.717, 1.165) is 42.6 Å². The smallest absolute Gasteiger partial charge is 0.265 e. The Bertz CT molecular complexity index is 1430. The van der Waals surface area contributed by atoms with E-state index in [2.05, 4.69) is 29.2 Å². The zero-order valence-corrected chi connectivity index (χ0v) is 24.9. The van der Waals surface area contributed by atoms with E-state index < -0.39 is 0 Å². The molecule has 3 aromatic carbocycles. The lowest BCUT2D eigenvalue weighted by molar-refractivity contribution is -0.133. The van der Waals surface area contributed by atoms with Crippen LogP contribution in [0.15, 0.2) is 54.6 Å². The van der Waals surface area contributed by atoms with E-state index in [9.17, 15) is 9.59 Å². The Morgan fingerprint density at radius 3 is 2.29 bits per heavy atom. The lowest BCUT2D eigenvalue weighted by Crippen LogP contribution is -2.47. The van der Waals surface area contributed by atoms with Gasteiger partial charge in [0.05, 0.1) is 36.0 Å². The molecule has 0 aromatic heterocycles. The molecular weight excluding hydrogens is 565 g/mol. The van der Waals surface area contributed by atoms with Gasteiger partial charge in [-0.25, -0.2) is 0 Å². The van der Waals surface area contributed by atoms with Crippen molar-refractivity contribution in [3.8, 4) is 28.4 Å². The molecule has 0 N–H and O–H groups in total. The number of hydrogen-bond acceptors (Lipinski definition) is 6. The highest BCUT2D eigenvalue weighted by molar-refractivity contribution is 6.42. The fourth-order valence-electron chi connectivity index (χ4n) is 5.37. The summed E-state index contributed by atoms with van der Waals surface area (Å²) in [6.45, 7) is 2.39. The van der Waals surface area contributed by atoms with Gasteiger partial charge < -0.3 is 24.0 Å². The number of carbonyl (C=O) groups is 2. The summed E-state index contributed by atoms with van der Waals surface area (Å²) in [5.41, 5.74) is 3.47. The second-order valence-corrected chi connectivity index (χ2v) is 11.0. The van der Waals surface area contributed by atoms with Crippen LogP contribution in [-0.2, 0) is 9.59 Å². The molecule has 2 aliphatic heterocycles. The van der Waals surface area contributed by atoms with Gasteiger partial charge in [0.15, 0.2) is 18.1 Å². The summed E-state index contributed by atoms with van der Waals surface area (Å²) in [4.78, 5) is 32.1. The highest BCUT2D eigenvalue weighted by Gasteiger charge is 2.32. The van der Waals surface area contributed by atoms with Crippen LogP contribution in [0.2, 0.25) is 10.0 Å². The predicted molar refractivity (Wildman–Crippen MR) is 160 cm³/mol. The van der Waals surface area contributed by atoms with E-state index in [-0.39, 0.29) is 36.0 Å². The molecule has 0 saturated carbocycles. The first-order valence-corrected chi connectivity index (χ1v) is 14.3. The molecule has 1 saturated heterocycles. The molecule has 1 fully saturated rings. The van der Waals surface area contributed by atoms with Crippen LogP contribution in [0, 0.1) is 0 Å². The van der Waals surface area contributed by atoms with Gasteiger partial charge in [-0.3, -0.25) is 14.5 Å². The monoisotopic (exact) mass is 597 g/mol. The fourth-order valence-corrected chi connectivity index (χ4v) is 5.68. The van der Waals surface area contributed by atoms with Crippen LogP contribution in [0.3, 0.4) is 0 Å². The van der Waals surface area contributed by atoms with E-state index in [1.54, 1.807) is 38.3 Å². The average Bonchev–Trinajstić information content (AvgIpc) is 3.51. The molecule has 0 spiro atoms. The van der Waals surface area contributed by atoms with Crippen LogP contribution in [0.1, 0.15) is 24.4 Å². The predicted octanol–water partition coefficient (Wildman–Crippen LogP) is 5.70. The molecule has 2 heterocycles. The molecule has 5 rings (SSSR count). The normalized spacial score (nSPS) is 15.7. The topological polar surface area (TPSA) is 71.6 Å². The number of carbonyl (C=O) groups excluding carboxylic acids is 2. The van der Waals surface area contributed by atoms with Gasteiger partial charge in [0, 0.05) is 19.7 Å². The minimum atomic E-state index is -0.312. The standard InChI is InChI=1S/C31H33Cl2N3O5/c1-34(30(37)18-36-25-15-23(32)24(33)16-28(25)41-19-31(36)38)26(17-35-12-4-5-13-35)21-8-6-20(7-9-21)22-10-11-27(39-2)29(14-22)40-3/h6-11,14-16,26H,4-5,12-13,17-19H2,1-3H3. The summed E-state index contributed by atoms with van der Waals surface area (Å²) in [6.07, 6.45) is 2.29. The first-order valence-electron chi connectivity index (χ1n) is 13.5. The number of benzene rings is 3. The molecular formula is C31H33Cl2N3O5. The summed E-state index contributed by atoms with van der Waals surface area (Å²) in [5.74, 6) is 1.26. The van der Waals surface area contributed by atoms with Crippen molar-refractivity contribution in [2.24, 2.45) is 0 Å². The lowest BCUT2D eigenvalue weighted by Gasteiger charge is -2.35. The third kappa shape index (κ3) is 6.25. The SMILES string of the molecule is COc1ccc(-c2ccc(C(CN3CCCC3)N(C)C(=O)CN3C(=O)COc4cc(Cl)c(Cl)cc43)cc2)cc1OC. The zero-order chi connectivity index (χ0) is 29.1. The van der Waals surface area contributed by atoms with E-state index in [1.165, 1.54) is 4.90 Å². The summed E-state index contributed by atoms with van der Waals surface area (Å²) < 4.78 is 16.4. The number of methoxy groups -OCH3 is 2. The quantitative estimate of drug-likeness (QED) is 0.315. The summed E-state index contributed by atoms with van der Waals surface area (Å²) >= 11 is 12.4. The number of nitrogens with zero attached hydrogens (tertiary/aromatic N) is 3. The molecule has 1 atom stereocenters. The molecule has 1 unspecified atom stereocenters. The van der Waals surface area contributed by atoms with E-state index in [4.69, 9.17) is 37.4 Å². The van der Waals surface area contributed by atoms with Crippen molar-refractivity contribution in [3.63, 3.8) is 0 Å². The number of halogens is 2. The van der Waals surface area contributed by atoms with E-state index in [1.807, 2.05) is 18.2 Å². The van der Waals surface area contributed by atoms with Crippen LogP contribution >= 0.6 is 23.2 Å². The van der Waals surface area contributed by atoms with Crippen molar-refractivity contribution in [1.29, 1.82) is 0 Å². The van der Waals surface area contributed by atoms with Crippen molar-refractivity contribution in [2.45, 2.75) is 18.9 Å². The number of likely N-dealkylation sites (N-methyl/N-ethyl adjacent to an activating group) is 1. The second-order valence-electron chi connectivity index (χ2n) is 10.2. The highest BCUT2D eigenvalue weighted by Crippen LogP contribution is 2.39. The van der Waals surface area contributed by atoms with Gasteiger partial charge in [0.25, 0.3) is 5.91 Å². The van der Waals surface area contributed by atoms with Crippen LogP contribution in [0.4, 0.5) is 5.69 Å². The van der Waals surface area contributed by atoms with Crippen molar-refractivity contribution >= 4 is 40.7 Å². The Morgan fingerprint density at radius 2 is 1.61 bits per heavy atom. The number of likely N-dealkylation sites (tertiary alicyclic amines) is 1. The molecule has 2 aliphatic rings. The number of hydrogen-bond donors (Lipinski definition) is 0. The van der Waals surface area contributed by atoms with Gasteiger partial charge >= 0.3 is 0 Å². The van der Waals surface area contributed by atoms with Gasteiger partial charge in [0.2, 0.25) is 5.91 Å². The van der Waals surface area contributed by atoms with Crippen LogP contribution in [0.25, 0.3) is 11.1 Å². The third-order valence-electron chi connectivity index (χ3n) is 7.74. The fraction of sp³-hybridized carbons (Fsp3) is 0.355. The van der Waals surface area contributed by atoms with Gasteiger partial charge in [-0.2, -0.15) is 0 Å². The Hall–Kier alpha value is -3.46. The van der Waals surface area contributed by atoms with Gasteiger partial charge in [0.1, 0.15) is 12.3 Å². The molecule has 0 radical (unpaired) electrons. The molecule has 8 nitrogen and oxygen atoms in total. The van der Waals surface area contributed by atoms with Crippen LogP contribution < -0.4 is 19.1 Å². The first kappa shape index (κ1) is 29.0. The van der Waals surface area contributed by atoms with Gasteiger partial charge in [-0.15, -0.1) is 0 Å². The molecule has 3 aromatic rings. The third-order valence-corrected chi connectivity index (χ3v) is 8.46. The highest BCUT2D eigenvalue weighted by atomic mass is 35.5. The number of fused-ring (bicyclic) bond motifs is 1. The van der Waals surface area contributed by atoms with Crippen LogP contribution in [-0.4, -0.2) is 75.7 Å². The number of amides is 2. The van der Waals surface area contributed by atoms with E-state index in [0.29, 0.717) is 34.5 Å². The largest absolute Gasteiger partial charge is 0.493 e. The molecule has 0 bridgehead atoms. The second kappa shape index (κ2) is 12.6. The maximum Gasteiger partial charge on any atom is 0.265 e. The number of ether oxygens (including phenoxy) is 3. The summed E-state index contributed by atoms with van der Waals surface area (Å²) in [6, 6.07) is 17.0. The van der Waals surface area contributed by atoms with Gasteiger partial charge in [-0.1, -0.05) is 53.5 Å². The average molecular weight is 599 g/mol. The maximum absolute atomic E-state index is 13.7. The maximum atomic E-state index is 13.7. The molecule has 2 amide bonds. The Kier molecular flexibility index (Phi) is 8.92. The Morgan fingerprint density at radius 1 is 0.951 bits per heavy atom. The summed E-state index contributed by atoms with van der Waals surface area (Å²) in [5, 5.41) is 0.612. The minimum Gasteiger partial charge on any atom is -0.493 e. The first-order chi connectivity index (χ1) is 19.8. The lowest BCUT2D eigenvalue weighted by atomic mass is 9.99. The van der Waals surface area contributed by atoms with Gasteiger partial charge in [-0.05, 0) is 60.8 Å². The molecule has 41 heavy (non-hydrogen) atoms. The van der Waals surface area contributed by atoms with Crippen molar-refractivity contribution in [3.05, 3.63) is 70.2 Å². The minimum absolute atomic E-state index is 0.135. The number of rotatable bonds is 9. The molecule has 10 heteroatoms. The summed E-state index contributed by atoms with van der Waals surface area (Å²) in [7, 11) is 5.03. The zero-order valence-electron chi connectivity index (χ0n) is 23.4.